The molecule has 1 aliphatic carbocycles. The third kappa shape index (κ3) is 4.81. The summed E-state index contributed by atoms with van der Waals surface area (Å²) in [5.41, 5.74) is 1.39. The second-order valence-corrected chi connectivity index (χ2v) is 7.08. The minimum atomic E-state index is -0.353. The van der Waals surface area contributed by atoms with E-state index in [0.717, 1.165) is 45.2 Å². The van der Waals surface area contributed by atoms with Crippen molar-refractivity contribution in [3.8, 4) is 0 Å². The molecule has 0 aromatic heterocycles. The molecule has 2 N–H and O–H groups in total. The SMILES string of the molecule is CC(C(=O)NC(=O)NC1CC1)N1CCC(Cc2ccccc2)CC1. The topological polar surface area (TPSA) is 61.4 Å². The molecule has 0 radical (unpaired) electrons. The third-order valence-corrected chi connectivity index (χ3v) is 5.09. The van der Waals surface area contributed by atoms with E-state index >= 15 is 0 Å². The number of carbonyl (C=O) groups excluding carboxylic acids is 2. The number of likely N-dealkylation sites (tertiary alicyclic amines) is 1. The first-order valence-electron chi connectivity index (χ1n) is 9.01. The number of hydrogen-bond donors (Lipinski definition) is 2. The highest BCUT2D eigenvalue weighted by Crippen LogP contribution is 2.23. The lowest BCUT2D eigenvalue weighted by atomic mass is 9.89. The van der Waals surface area contributed by atoms with E-state index in [1.54, 1.807) is 0 Å². The molecule has 5 nitrogen and oxygen atoms in total. The highest BCUT2D eigenvalue weighted by molar-refractivity contribution is 5.96. The number of hydrogen-bond acceptors (Lipinski definition) is 3. The Morgan fingerprint density at radius 3 is 2.42 bits per heavy atom. The lowest BCUT2D eigenvalue weighted by Crippen LogP contribution is -2.51. The van der Waals surface area contributed by atoms with Crippen LogP contribution in [0.5, 0.6) is 0 Å². The average Bonchev–Trinajstić information content (AvgIpc) is 3.39. The summed E-state index contributed by atoms with van der Waals surface area (Å²) in [5.74, 6) is 0.478. The minimum absolute atomic E-state index is 0.199. The summed E-state index contributed by atoms with van der Waals surface area (Å²) in [6.07, 6.45) is 5.35. The van der Waals surface area contributed by atoms with Gasteiger partial charge in [0.05, 0.1) is 6.04 Å². The smallest absolute Gasteiger partial charge is 0.321 e. The molecule has 0 bridgehead atoms. The number of imide groups is 1. The van der Waals surface area contributed by atoms with E-state index in [9.17, 15) is 9.59 Å². The number of amides is 3. The van der Waals surface area contributed by atoms with Gasteiger partial charge in [-0.2, -0.15) is 0 Å². The maximum Gasteiger partial charge on any atom is 0.321 e. The van der Waals surface area contributed by atoms with Gasteiger partial charge in [0.2, 0.25) is 5.91 Å². The Hall–Kier alpha value is -1.88. The molecule has 1 aromatic rings. The van der Waals surface area contributed by atoms with E-state index < -0.39 is 0 Å². The van der Waals surface area contributed by atoms with Gasteiger partial charge < -0.3 is 5.32 Å². The van der Waals surface area contributed by atoms with Gasteiger partial charge in [0.15, 0.2) is 0 Å². The predicted molar refractivity (Wildman–Crippen MR) is 93.6 cm³/mol. The number of carbonyl (C=O) groups is 2. The molecule has 130 valence electrons. The van der Waals surface area contributed by atoms with Gasteiger partial charge in [0.1, 0.15) is 0 Å². The number of rotatable bonds is 5. The van der Waals surface area contributed by atoms with Gasteiger partial charge in [-0.15, -0.1) is 0 Å². The van der Waals surface area contributed by atoms with Gasteiger partial charge in [0, 0.05) is 6.04 Å². The molecule has 2 aliphatic rings. The Labute approximate surface area is 143 Å². The van der Waals surface area contributed by atoms with Crippen molar-refractivity contribution in [3.63, 3.8) is 0 Å². The molecular formula is C19H27N3O2. The van der Waals surface area contributed by atoms with E-state index in [1.165, 1.54) is 5.56 Å². The lowest BCUT2D eigenvalue weighted by Gasteiger charge is -2.35. The Kier molecular flexibility index (Phi) is 5.51. The van der Waals surface area contributed by atoms with Crippen LogP contribution in [0.25, 0.3) is 0 Å². The van der Waals surface area contributed by atoms with Gasteiger partial charge in [-0.1, -0.05) is 30.3 Å². The standard InChI is InChI=1S/C19H27N3O2/c1-14(18(23)21-19(24)20-17-7-8-17)22-11-9-16(10-12-22)13-15-5-3-2-4-6-15/h2-6,14,16-17H,7-13H2,1H3,(H2,20,21,23,24). The zero-order chi connectivity index (χ0) is 16.9. The van der Waals surface area contributed by atoms with Crippen LogP contribution in [0.3, 0.4) is 0 Å². The fourth-order valence-corrected chi connectivity index (χ4v) is 3.32. The quantitative estimate of drug-likeness (QED) is 0.871. The second-order valence-electron chi connectivity index (χ2n) is 7.08. The molecule has 2 fully saturated rings. The van der Waals surface area contributed by atoms with Crippen molar-refractivity contribution < 1.29 is 9.59 Å². The van der Waals surface area contributed by atoms with Gasteiger partial charge in [-0.3, -0.25) is 15.0 Å². The second kappa shape index (κ2) is 7.79. The Bertz CT molecular complexity index is 563. The maximum absolute atomic E-state index is 12.2. The van der Waals surface area contributed by atoms with Gasteiger partial charge in [0.25, 0.3) is 0 Å². The highest BCUT2D eigenvalue weighted by atomic mass is 16.2. The van der Waals surface area contributed by atoms with Gasteiger partial charge in [-0.25, -0.2) is 4.79 Å². The lowest BCUT2D eigenvalue weighted by molar-refractivity contribution is -0.125. The van der Waals surface area contributed by atoms with Gasteiger partial charge >= 0.3 is 6.03 Å². The fraction of sp³-hybridized carbons (Fsp3) is 0.579. The van der Waals surface area contributed by atoms with Crippen LogP contribution in [0, 0.1) is 5.92 Å². The largest absolute Gasteiger partial charge is 0.335 e. The van der Waals surface area contributed by atoms with E-state index in [2.05, 4.69) is 39.8 Å². The molecule has 5 heteroatoms. The van der Waals surface area contributed by atoms with Crippen molar-refractivity contribution in [2.24, 2.45) is 5.92 Å². The van der Waals surface area contributed by atoms with Crippen LogP contribution in [-0.4, -0.2) is 42.0 Å². The van der Waals surface area contributed by atoms with Gasteiger partial charge in [-0.05, 0) is 63.6 Å². The summed E-state index contributed by atoms with van der Waals surface area (Å²) in [6, 6.07) is 10.2. The monoisotopic (exact) mass is 329 g/mol. The van der Waals surface area contributed by atoms with Crippen LogP contribution >= 0.6 is 0 Å². The maximum atomic E-state index is 12.2. The Balaban J connectivity index is 1.41. The number of urea groups is 1. The van der Waals surface area contributed by atoms with Crippen molar-refractivity contribution in [1.29, 1.82) is 0 Å². The first-order valence-corrected chi connectivity index (χ1v) is 9.01. The first-order chi connectivity index (χ1) is 11.6. The summed E-state index contributed by atoms with van der Waals surface area (Å²) in [6.45, 7) is 3.71. The summed E-state index contributed by atoms with van der Waals surface area (Å²) < 4.78 is 0. The third-order valence-electron chi connectivity index (χ3n) is 5.09. The van der Waals surface area contributed by atoms with Crippen molar-refractivity contribution >= 4 is 11.9 Å². The summed E-state index contributed by atoms with van der Waals surface area (Å²) in [5, 5.41) is 5.26. The predicted octanol–water partition coefficient (Wildman–Crippen LogP) is 2.32. The molecule has 3 rings (SSSR count). The molecule has 1 unspecified atom stereocenters. The van der Waals surface area contributed by atoms with E-state index in [0.29, 0.717) is 5.92 Å². The number of piperidine rings is 1. The van der Waals surface area contributed by atoms with E-state index in [1.807, 2.05) is 13.0 Å². The molecule has 1 heterocycles. The van der Waals surface area contributed by atoms with Crippen LogP contribution in [0.2, 0.25) is 0 Å². The average molecular weight is 329 g/mol. The summed E-state index contributed by atoms with van der Waals surface area (Å²) >= 11 is 0. The zero-order valence-corrected chi connectivity index (χ0v) is 14.3. The molecule has 24 heavy (non-hydrogen) atoms. The highest BCUT2D eigenvalue weighted by Gasteiger charge is 2.29. The molecule has 1 saturated carbocycles. The first kappa shape index (κ1) is 17.0. The molecule has 1 aliphatic heterocycles. The Morgan fingerprint density at radius 2 is 1.79 bits per heavy atom. The van der Waals surface area contributed by atoms with Crippen LogP contribution in [0.1, 0.15) is 38.2 Å². The van der Waals surface area contributed by atoms with E-state index in [4.69, 9.17) is 0 Å². The summed E-state index contributed by atoms with van der Waals surface area (Å²) in [4.78, 5) is 26.1. The molecule has 0 spiro atoms. The Morgan fingerprint density at radius 1 is 1.12 bits per heavy atom. The van der Waals surface area contributed by atoms with Crippen molar-refractivity contribution in [2.45, 2.75) is 51.1 Å². The molecule has 1 atom stereocenters. The zero-order valence-electron chi connectivity index (χ0n) is 14.3. The van der Waals surface area contributed by atoms with Crippen LogP contribution < -0.4 is 10.6 Å². The van der Waals surface area contributed by atoms with Crippen LogP contribution in [0.15, 0.2) is 30.3 Å². The number of nitrogens with one attached hydrogen (secondary N) is 2. The normalized spacial score (nSPS) is 20.4. The number of benzene rings is 1. The molecular weight excluding hydrogens is 302 g/mol. The van der Waals surface area contributed by atoms with Crippen LogP contribution in [-0.2, 0) is 11.2 Å². The fourth-order valence-electron chi connectivity index (χ4n) is 3.32. The van der Waals surface area contributed by atoms with Crippen molar-refractivity contribution in [3.05, 3.63) is 35.9 Å². The summed E-state index contributed by atoms with van der Waals surface area (Å²) in [7, 11) is 0. The van der Waals surface area contributed by atoms with Crippen molar-refractivity contribution in [1.82, 2.24) is 15.5 Å². The van der Waals surface area contributed by atoms with E-state index in [-0.39, 0.29) is 24.0 Å². The minimum Gasteiger partial charge on any atom is -0.335 e. The van der Waals surface area contributed by atoms with Crippen LogP contribution in [0.4, 0.5) is 4.79 Å². The molecule has 3 amide bonds. The number of nitrogens with zero attached hydrogens (tertiary/aromatic N) is 1. The molecule has 1 saturated heterocycles. The van der Waals surface area contributed by atoms with Crippen molar-refractivity contribution in [2.75, 3.05) is 13.1 Å². The molecule has 1 aromatic carbocycles.